The maximum Gasteiger partial charge on any atom is 0.277 e. The summed E-state index contributed by atoms with van der Waals surface area (Å²) in [6.07, 6.45) is 1.18. The fraction of sp³-hybridized carbons (Fsp3) is 0.526. The van der Waals surface area contributed by atoms with Crippen LogP contribution in [0.2, 0.25) is 0 Å². The highest BCUT2D eigenvalue weighted by Crippen LogP contribution is 2.32. The molecule has 1 fully saturated rings. The Bertz CT molecular complexity index is 785. The Hall–Kier alpha value is -2.22. The topological polar surface area (TPSA) is 77.7 Å². The number of hydrogen-bond donors (Lipinski definition) is 0. The molecule has 1 aliphatic heterocycles. The molecule has 146 valence electrons. The number of nitrogens with zero attached hydrogens (tertiary/aromatic N) is 3. The normalized spacial score (nSPS) is 19.8. The number of amides is 1. The minimum atomic E-state index is 0.115. The van der Waals surface area contributed by atoms with Crippen molar-refractivity contribution in [3.63, 3.8) is 0 Å². The molecule has 0 N–H and O–H groups in total. The number of carbonyl (C=O) groups is 1. The van der Waals surface area contributed by atoms with Crippen LogP contribution in [0.15, 0.2) is 27.8 Å². The Morgan fingerprint density at radius 1 is 1.19 bits per heavy atom. The van der Waals surface area contributed by atoms with Crippen LogP contribution >= 0.6 is 11.8 Å². The lowest BCUT2D eigenvalue weighted by Gasteiger charge is -2.34. The second-order valence-electron chi connectivity index (χ2n) is 6.98. The smallest absolute Gasteiger partial charge is 0.277 e. The number of ether oxygens (including phenoxy) is 2. The van der Waals surface area contributed by atoms with Crippen molar-refractivity contribution in [1.29, 1.82) is 0 Å². The van der Waals surface area contributed by atoms with E-state index in [1.165, 1.54) is 18.2 Å². The number of hydrogen-bond acceptors (Lipinski definition) is 7. The maximum atomic E-state index is 12.5. The van der Waals surface area contributed by atoms with Gasteiger partial charge in [-0.3, -0.25) is 4.79 Å². The van der Waals surface area contributed by atoms with Gasteiger partial charge in [-0.1, -0.05) is 25.6 Å². The zero-order valence-electron chi connectivity index (χ0n) is 16.1. The van der Waals surface area contributed by atoms with Crippen LogP contribution in [0.25, 0.3) is 11.5 Å². The zero-order valence-corrected chi connectivity index (χ0v) is 16.9. The summed E-state index contributed by atoms with van der Waals surface area (Å²) in [5.74, 6) is 3.10. The Labute approximate surface area is 163 Å². The minimum Gasteiger partial charge on any atom is -0.493 e. The fourth-order valence-corrected chi connectivity index (χ4v) is 4.10. The van der Waals surface area contributed by atoms with Crippen molar-refractivity contribution in [2.45, 2.75) is 25.5 Å². The van der Waals surface area contributed by atoms with Gasteiger partial charge in [-0.05, 0) is 36.5 Å². The molecule has 2 aromatic rings. The van der Waals surface area contributed by atoms with Gasteiger partial charge < -0.3 is 18.8 Å². The molecule has 1 aromatic heterocycles. The molecule has 0 unspecified atom stereocenters. The first-order valence-corrected chi connectivity index (χ1v) is 9.95. The van der Waals surface area contributed by atoms with Gasteiger partial charge in [0.05, 0.1) is 20.0 Å². The first-order chi connectivity index (χ1) is 13.0. The summed E-state index contributed by atoms with van der Waals surface area (Å²) in [5, 5.41) is 8.50. The van der Waals surface area contributed by atoms with Gasteiger partial charge in [-0.25, -0.2) is 0 Å². The number of piperidine rings is 1. The van der Waals surface area contributed by atoms with Crippen LogP contribution in [0.4, 0.5) is 0 Å². The second kappa shape index (κ2) is 8.65. The lowest BCUT2D eigenvalue weighted by Crippen LogP contribution is -2.43. The van der Waals surface area contributed by atoms with E-state index in [-0.39, 0.29) is 5.91 Å². The van der Waals surface area contributed by atoms with E-state index < -0.39 is 0 Å². The van der Waals surface area contributed by atoms with E-state index in [0.29, 0.717) is 40.2 Å². The number of thioether (sulfide) groups is 1. The van der Waals surface area contributed by atoms with Gasteiger partial charge in [0.25, 0.3) is 5.22 Å². The monoisotopic (exact) mass is 391 g/mol. The molecule has 8 heteroatoms. The number of aromatic nitrogens is 2. The van der Waals surface area contributed by atoms with Gasteiger partial charge in [-0.2, -0.15) is 0 Å². The fourth-order valence-electron chi connectivity index (χ4n) is 3.44. The third kappa shape index (κ3) is 4.74. The van der Waals surface area contributed by atoms with Crippen LogP contribution in [-0.2, 0) is 4.79 Å². The first kappa shape index (κ1) is 19.5. The van der Waals surface area contributed by atoms with Gasteiger partial charge in [0.2, 0.25) is 11.8 Å². The molecule has 2 atom stereocenters. The maximum absolute atomic E-state index is 12.5. The Kier molecular flexibility index (Phi) is 6.26. The molecule has 0 bridgehead atoms. The Morgan fingerprint density at radius 3 is 2.56 bits per heavy atom. The van der Waals surface area contributed by atoms with Gasteiger partial charge in [0.1, 0.15) is 0 Å². The summed E-state index contributed by atoms with van der Waals surface area (Å²) in [4.78, 5) is 14.4. The van der Waals surface area contributed by atoms with Crippen molar-refractivity contribution in [2.24, 2.45) is 11.8 Å². The lowest BCUT2D eigenvalue weighted by atomic mass is 9.92. The van der Waals surface area contributed by atoms with Crippen molar-refractivity contribution < 1.29 is 18.7 Å². The van der Waals surface area contributed by atoms with E-state index in [1.54, 1.807) is 26.4 Å². The number of rotatable bonds is 6. The molecule has 7 nitrogen and oxygen atoms in total. The predicted molar refractivity (Wildman–Crippen MR) is 103 cm³/mol. The molecule has 0 aliphatic carbocycles. The summed E-state index contributed by atoms with van der Waals surface area (Å²) < 4.78 is 16.2. The minimum absolute atomic E-state index is 0.115. The van der Waals surface area contributed by atoms with Crippen LogP contribution in [0, 0.1) is 11.8 Å². The Morgan fingerprint density at radius 2 is 1.89 bits per heavy atom. The van der Waals surface area contributed by atoms with Crippen molar-refractivity contribution in [2.75, 3.05) is 33.1 Å². The van der Waals surface area contributed by atoms with Crippen LogP contribution in [0.5, 0.6) is 11.5 Å². The van der Waals surface area contributed by atoms with Crippen LogP contribution in [-0.4, -0.2) is 54.1 Å². The Balaban J connectivity index is 1.62. The average molecular weight is 391 g/mol. The third-order valence-corrected chi connectivity index (χ3v) is 5.38. The highest BCUT2D eigenvalue weighted by atomic mass is 32.2. The highest BCUT2D eigenvalue weighted by molar-refractivity contribution is 7.99. The first-order valence-electron chi connectivity index (χ1n) is 8.96. The number of methoxy groups -OCH3 is 2. The molecular formula is C19H25N3O4S. The van der Waals surface area contributed by atoms with E-state index >= 15 is 0 Å². The van der Waals surface area contributed by atoms with E-state index in [0.717, 1.165) is 18.7 Å². The van der Waals surface area contributed by atoms with Crippen LogP contribution in [0.1, 0.15) is 20.3 Å². The van der Waals surface area contributed by atoms with Crippen LogP contribution in [0.3, 0.4) is 0 Å². The lowest BCUT2D eigenvalue weighted by molar-refractivity contribution is -0.130. The van der Waals surface area contributed by atoms with E-state index in [2.05, 4.69) is 24.0 Å². The third-order valence-electron chi connectivity index (χ3n) is 4.58. The molecule has 0 radical (unpaired) electrons. The summed E-state index contributed by atoms with van der Waals surface area (Å²) in [5.41, 5.74) is 0.733. The van der Waals surface area contributed by atoms with Crippen LogP contribution < -0.4 is 9.47 Å². The number of carbonyl (C=O) groups excluding carboxylic acids is 1. The van der Waals surface area contributed by atoms with Gasteiger partial charge in [-0.15, -0.1) is 10.2 Å². The molecular weight excluding hydrogens is 366 g/mol. The molecule has 1 amide bonds. The predicted octanol–water partition coefficient (Wildman–Crippen LogP) is 3.35. The zero-order chi connectivity index (χ0) is 19.4. The second-order valence-corrected chi connectivity index (χ2v) is 7.90. The van der Waals surface area contributed by atoms with Gasteiger partial charge in [0.15, 0.2) is 11.5 Å². The SMILES string of the molecule is COc1ccc(-c2nnc(SCC(=O)N3C[C@@H](C)C[C@H](C)C3)o2)cc1OC. The van der Waals surface area contributed by atoms with E-state index in [9.17, 15) is 4.79 Å². The van der Waals surface area contributed by atoms with E-state index in [1.807, 2.05) is 11.0 Å². The van der Waals surface area contributed by atoms with E-state index in [4.69, 9.17) is 13.9 Å². The molecule has 3 rings (SSSR count). The largest absolute Gasteiger partial charge is 0.493 e. The number of likely N-dealkylation sites (tertiary alicyclic amines) is 1. The van der Waals surface area contributed by atoms with Crippen molar-refractivity contribution in [3.05, 3.63) is 18.2 Å². The summed E-state index contributed by atoms with van der Waals surface area (Å²) in [6, 6.07) is 5.39. The molecule has 27 heavy (non-hydrogen) atoms. The summed E-state index contributed by atoms with van der Waals surface area (Å²) in [7, 11) is 3.16. The molecule has 1 aromatic carbocycles. The van der Waals surface area contributed by atoms with Crippen molar-refractivity contribution in [1.82, 2.24) is 15.1 Å². The quantitative estimate of drug-likeness (QED) is 0.699. The molecule has 1 aliphatic rings. The van der Waals surface area contributed by atoms with Gasteiger partial charge in [0, 0.05) is 18.7 Å². The molecule has 2 heterocycles. The highest BCUT2D eigenvalue weighted by Gasteiger charge is 2.25. The molecule has 0 spiro atoms. The number of benzene rings is 1. The molecule has 1 saturated heterocycles. The molecule has 0 saturated carbocycles. The summed E-state index contributed by atoms with van der Waals surface area (Å²) in [6.45, 7) is 6.03. The van der Waals surface area contributed by atoms with Gasteiger partial charge >= 0.3 is 0 Å². The summed E-state index contributed by atoms with van der Waals surface area (Å²) >= 11 is 1.27. The van der Waals surface area contributed by atoms with Crippen molar-refractivity contribution >= 4 is 17.7 Å². The average Bonchev–Trinajstić information content (AvgIpc) is 3.13. The van der Waals surface area contributed by atoms with Crippen molar-refractivity contribution in [3.8, 4) is 23.0 Å². The standard InChI is InChI=1S/C19H25N3O4S/c1-12-7-13(2)10-22(9-12)17(23)11-27-19-21-20-18(26-19)14-5-6-15(24-3)16(8-14)25-4/h5-6,8,12-13H,7,9-11H2,1-4H3/t12-,13-/m0/s1.